The molecule has 0 amide bonds. The number of carbonyl (C=O) groups excluding carboxylic acids is 2. The van der Waals surface area contributed by atoms with Crippen LogP contribution in [0.25, 0.3) is 0 Å². The number of likely N-dealkylation sites (N-methyl/N-ethyl adjacent to an activating group) is 1. The van der Waals surface area contributed by atoms with Crippen molar-refractivity contribution in [2.75, 3.05) is 47.5 Å². The zero-order chi connectivity index (χ0) is 47.8. The maximum absolute atomic E-state index is 12.7. The summed E-state index contributed by atoms with van der Waals surface area (Å²) in [6.07, 6.45) is 61.8. The Labute approximate surface area is 398 Å². The molecule has 0 radical (unpaired) electrons. The minimum absolute atomic E-state index is 0.0150. The molecule has 0 aromatic heterocycles. The van der Waals surface area contributed by atoms with Gasteiger partial charge in [0, 0.05) is 12.8 Å². The van der Waals surface area contributed by atoms with Gasteiger partial charge in [-0.1, -0.05) is 182 Å². The molecule has 0 bridgehead atoms. The topological polar surface area (TPSA) is 108 Å². The number of hydrogen-bond donors (Lipinski definition) is 1. The summed E-state index contributed by atoms with van der Waals surface area (Å²) in [7, 11) is 1.42. The molecule has 0 aliphatic rings. The molecule has 2 atom stereocenters. The molecule has 0 rings (SSSR count). The Kier molecular flexibility index (Phi) is 43.9. The van der Waals surface area contributed by atoms with Gasteiger partial charge in [0.15, 0.2) is 6.10 Å². The number of nitrogens with zero attached hydrogens (tertiary/aromatic N) is 1. The highest BCUT2D eigenvalue weighted by atomic mass is 31.2. The van der Waals surface area contributed by atoms with E-state index in [1.807, 2.05) is 27.2 Å². The van der Waals surface area contributed by atoms with Gasteiger partial charge in [-0.15, -0.1) is 0 Å². The van der Waals surface area contributed by atoms with E-state index in [1.165, 1.54) is 70.6 Å². The van der Waals surface area contributed by atoms with Crippen LogP contribution in [0.5, 0.6) is 0 Å². The van der Waals surface area contributed by atoms with Crippen LogP contribution in [0.3, 0.4) is 0 Å². The molecule has 0 heterocycles. The van der Waals surface area contributed by atoms with Crippen molar-refractivity contribution in [1.29, 1.82) is 0 Å². The smallest absolute Gasteiger partial charge is 0.462 e. The summed E-state index contributed by atoms with van der Waals surface area (Å²) < 4.78 is 34.4. The summed E-state index contributed by atoms with van der Waals surface area (Å²) in [5.41, 5.74) is 0. The third kappa shape index (κ3) is 50.2. The van der Waals surface area contributed by atoms with Crippen molar-refractivity contribution in [2.24, 2.45) is 0 Å². The lowest BCUT2D eigenvalue weighted by molar-refractivity contribution is -0.870. The van der Waals surface area contributed by atoms with Crippen molar-refractivity contribution in [3.05, 3.63) is 97.2 Å². The standard InChI is InChI=1S/C55H94NO8P/c1-6-8-10-12-14-16-18-20-22-24-26-27-28-29-30-32-34-36-38-40-42-44-46-48-55(58)64-53(52-63-65(59,60)62-50-49-56(3,4)5)51-61-54(57)47-45-43-41-39-37-35-33-31-25-23-21-19-17-15-13-11-9-7-2/h8,10,14,16,20,22-23,25-27,29-30,34,36,40,42,53H,6-7,9,11-13,15,17-19,21,24,28,31-33,35,37-39,41,43-52H2,1-5H3/p+1/b10-8-,16-14-,22-20-,25-23-,27-26-,30-29-,36-34-,42-40-. The maximum atomic E-state index is 12.7. The van der Waals surface area contributed by atoms with E-state index in [0.717, 1.165) is 77.0 Å². The number of carbonyl (C=O) groups is 2. The second-order valence-corrected chi connectivity index (χ2v) is 19.3. The number of phosphoric acid groups is 1. The van der Waals surface area contributed by atoms with Crippen molar-refractivity contribution < 1.29 is 42.1 Å². The molecular weight excluding hydrogens is 834 g/mol. The molecule has 10 heteroatoms. The van der Waals surface area contributed by atoms with Crippen molar-refractivity contribution in [3.8, 4) is 0 Å². The molecule has 0 fully saturated rings. The summed E-state index contributed by atoms with van der Waals surface area (Å²) >= 11 is 0. The Morgan fingerprint density at radius 3 is 1.37 bits per heavy atom. The van der Waals surface area contributed by atoms with Crippen LogP contribution >= 0.6 is 7.82 Å². The van der Waals surface area contributed by atoms with Crippen LogP contribution in [0, 0.1) is 0 Å². The Hall–Kier alpha value is -3.07. The first-order valence-corrected chi connectivity index (χ1v) is 27.0. The van der Waals surface area contributed by atoms with Crippen LogP contribution < -0.4 is 0 Å². The van der Waals surface area contributed by atoms with Crippen molar-refractivity contribution in [2.45, 2.75) is 193 Å². The fourth-order valence-electron chi connectivity index (χ4n) is 6.41. The SMILES string of the molecule is CC/C=C\C/C=C\C/C=C\C/C=C\C/C=C\C/C=C\C/C=C\CCCC(=O)OC(COC(=O)CCCCCCCCC/C=C\CCCCCCCCC)COP(=O)(O)OCC[N+](C)(C)C. The van der Waals surface area contributed by atoms with E-state index >= 15 is 0 Å². The average molecular weight is 929 g/mol. The summed E-state index contributed by atoms with van der Waals surface area (Å²) in [5, 5.41) is 0. The number of ether oxygens (including phenoxy) is 2. The number of hydrogen-bond acceptors (Lipinski definition) is 7. The molecule has 9 nitrogen and oxygen atoms in total. The Morgan fingerprint density at radius 1 is 0.492 bits per heavy atom. The Bertz CT molecular complexity index is 1420. The first-order valence-electron chi connectivity index (χ1n) is 25.5. The maximum Gasteiger partial charge on any atom is 0.472 e. The summed E-state index contributed by atoms with van der Waals surface area (Å²) in [6, 6.07) is 0. The predicted octanol–water partition coefficient (Wildman–Crippen LogP) is 15.3. The lowest BCUT2D eigenvalue weighted by atomic mass is 10.1. The van der Waals surface area contributed by atoms with Gasteiger partial charge in [0.1, 0.15) is 19.8 Å². The molecule has 0 spiro atoms. The van der Waals surface area contributed by atoms with Crippen molar-refractivity contribution >= 4 is 19.8 Å². The van der Waals surface area contributed by atoms with Crippen LogP contribution in [0.2, 0.25) is 0 Å². The van der Waals surface area contributed by atoms with E-state index in [2.05, 4.69) is 105 Å². The van der Waals surface area contributed by atoms with E-state index in [4.69, 9.17) is 18.5 Å². The number of phosphoric ester groups is 1. The van der Waals surface area contributed by atoms with Crippen molar-refractivity contribution in [1.82, 2.24) is 0 Å². The third-order valence-electron chi connectivity index (χ3n) is 10.3. The van der Waals surface area contributed by atoms with E-state index in [0.29, 0.717) is 23.9 Å². The molecule has 0 aromatic carbocycles. The van der Waals surface area contributed by atoms with Gasteiger partial charge in [-0.2, -0.15) is 0 Å². The van der Waals surface area contributed by atoms with Gasteiger partial charge in [-0.25, -0.2) is 4.57 Å². The monoisotopic (exact) mass is 929 g/mol. The average Bonchev–Trinajstić information content (AvgIpc) is 3.26. The normalized spacial score (nSPS) is 14.2. The first-order chi connectivity index (χ1) is 31.5. The molecule has 0 aliphatic carbocycles. The van der Waals surface area contributed by atoms with E-state index in [9.17, 15) is 19.0 Å². The number of allylic oxidation sites excluding steroid dienone is 16. The lowest BCUT2D eigenvalue weighted by Gasteiger charge is -2.24. The van der Waals surface area contributed by atoms with Gasteiger partial charge in [-0.3, -0.25) is 18.6 Å². The van der Waals surface area contributed by atoms with Crippen LogP contribution in [0.15, 0.2) is 97.2 Å². The first kappa shape index (κ1) is 61.9. The number of rotatable bonds is 45. The van der Waals surface area contributed by atoms with Crippen LogP contribution in [-0.4, -0.2) is 74.9 Å². The Morgan fingerprint density at radius 2 is 0.892 bits per heavy atom. The second kappa shape index (κ2) is 46.1. The quantitative estimate of drug-likeness (QED) is 0.0211. The Balaban J connectivity index is 4.41. The third-order valence-corrected chi connectivity index (χ3v) is 11.3. The molecule has 0 saturated carbocycles. The van der Waals surface area contributed by atoms with E-state index in [1.54, 1.807) is 0 Å². The molecule has 0 aromatic rings. The molecule has 0 aliphatic heterocycles. The van der Waals surface area contributed by atoms with E-state index < -0.39 is 32.5 Å². The summed E-state index contributed by atoms with van der Waals surface area (Å²) in [6.45, 7) is 4.23. The molecular formula is C55H95NO8P+. The highest BCUT2D eigenvalue weighted by molar-refractivity contribution is 7.47. The van der Waals surface area contributed by atoms with Gasteiger partial charge >= 0.3 is 19.8 Å². The number of quaternary nitrogens is 1. The van der Waals surface area contributed by atoms with Gasteiger partial charge in [0.05, 0.1) is 27.7 Å². The largest absolute Gasteiger partial charge is 0.472 e. The van der Waals surface area contributed by atoms with Gasteiger partial charge in [0.2, 0.25) is 0 Å². The molecule has 2 unspecified atom stereocenters. The fraction of sp³-hybridized carbons (Fsp3) is 0.673. The van der Waals surface area contributed by atoms with Crippen LogP contribution in [0.4, 0.5) is 0 Å². The molecule has 65 heavy (non-hydrogen) atoms. The predicted molar refractivity (Wildman–Crippen MR) is 275 cm³/mol. The van der Waals surface area contributed by atoms with Gasteiger partial charge in [0.25, 0.3) is 0 Å². The fourth-order valence-corrected chi connectivity index (χ4v) is 7.15. The highest BCUT2D eigenvalue weighted by Crippen LogP contribution is 2.43. The van der Waals surface area contributed by atoms with Gasteiger partial charge < -0.3 is 18.9 Å². The molecule has 372 valence electrons. The minimum Gasteiger partial charge on any atom is -0.462 e. The molecule has 1 N–H and O–H groups in total. The van der Waals surface area contributed by atoms with Crippen molar-refractivity contribution in [3.63, 3.8) is 0 Å². The van der Waals surface area contributed by atoms with E-state index in [-0.39, 0.29) is 26.1 Å². The lowest BCUT2D eigenvalue weighted by Crippen LogP contribution is -2.37. The molecule has 0 saturated heterocycles. The van der Waals surface area contributed by atoms with Gasteiger partial charge in [-0.05, 0) is 89.9 Å². The zero-order valence-electron chi connectivity index (χ0n) is 41.9. The summed E-state index contributed by atoms with van der Waals surface area (Å²) in [4.78, 5) is 35.5. The number of unbranched alkanes of at least 4 members (excludes halogenated alkanes) is 15. The van der Waals surface area contributed by atoms with Crippen LogP contribution in [0.1, 0.15) is 187 Å². The van der Waals surface area contributed by atoms with Crippen LogP contribution in [-0.2, 0) is 32.7 Å². The highest BCUT2D eigenvalue weighted by Gasteiger charge is 2.27. The minimum atomic E-state index is -4.40. The second-order valence-electron chi connectivity index (χ2n) is 17.8. The number of esters is 2. The zero-order valence-corrected chi connectivity index (χ0v) is 42.8. The summed E-state index contributed by atoms with van der Waals surface area (Å²) in [5.74, 6) is -0.879.